The summed E-state index contributed by atoms with van der Waals surface area (Å²) in [7, 11) is 2.01. The Hall–Kier alpha value is -2.10. The topological polar surface area (TPSA) is 41.0 Å². The molecule has 0 aliphatic carbocycles. The molecule has 0 bridgehead atoms. The molecular formula is C15H20N4. The number of rotatable bonds is 5. The molecule has 0 amide bonds. The summed E-state index contributed by atoms with van der Waals surface area (Å²) in [5, 5.41) is 3.30. The summed E-state index contributed by atoms with van der Waals surface area (Å²) < 4.78 is 0. The summed E-state index contributed by atoms with van der Waals surface area (Å²) in [4.78, 5) is 11.0. The van der Waals surface area contributed by atoms with Crippen molar-refractivity contribution in [3.8, 4) is 0 Å². The second kappa shape index (κ2) is 6.18. The predicted molar refractivity (Wildman–Crippen MR) is 80.1 cm³/mol. The molecular weight excluding hydrogens is 236 g/mol. The van der Waals surface area contributed by atoms with Crippen LogP contribution < -0.4 is 10.2 Å². The van der Waals surface area contributed by atoms with Gasteiger partial charge < -0.3 is 10.2 Å². The lowest BCUT2D eigenvalue weighted by atomic mass is 10.3. The first-order chi connectivity index (χ1) is 9.20. The van der Waals surface area contributed by atoms with Crippen molar-refractivity contribution in [1.82, 2.24) is 9.97 Å². The Morgan fingerprint density at radius 2 is 1.89 bits per heavy atom. The number of aryl methyl sites for hydroxylation is 1. The molecule has 0 saturated carbocycles. The lowest BCUT2D eigenvalue weighted by Crippen LogP contribution is -2.13. The maximum Gasteiger partial charge on any atom is 0.138 e. The Morgan fingerprint density at radius 1 is 1.16 bits per heavy atom. The third-order valence-electron chi connectivity index (χ3n) is 2.87. The van der Waals surface area contributed by atoms with E-state index < -0.39 is 0 Å². The van der Waals surface area contributed by atoms with Gasteiger partial charge >= 0.3 is 0 Å². The van der Waals surface area contributed by atoms with Crippen LogP contribution in [-0.4, -0.2) is 23.6 Å². The number of nitrogens with zero attached hydrogens (tertiary/aromatic N) is 3. The fourth-order valence-electron chi connectivity index (χ4n) is 1.85. The Kier molecular flexibility index (Phi) is 4.34. The molecule has 2 rings (SSSR count). The van der Waals surface area contributed by atoms with E-state index in [0.717, 1.165) is 36.1 Å². The molecule has 1 N–H and O–H groups in total. The van der Waals surface area contributed by atoms with Gasteiger partial charge in [-0.3, -0.25) is 0 Å². The zero-order valence-corrected chi connectivity index (χ0v) is 11.7. The monoisotopic (exact) mass is 256 g/mol. The van der Waals surface area contributed by atoms with Gasteiger partial charge in [-0.05, 0) is 25.5 Å². The third kappa shape index (κ3) is 3.44. The summed E-state index contributed by atoms with van der Waals surface area (Å²) in [6.45, 7) is 4.97. The number of hydrogen-bond donors (Lipinski definition) is 1. The lowest BCUT2D eigenvalue weighted by molar-refractivity contribution is 0.948. The number of hydrogen-bond acceptors (Lipinski definition) is 4. The van der Waals surface area contributed by atoms with Crippen LogP contribution in [0.15, 0.2) is 36.4 Å². The van der Waals surface area contributed by atoms with Crippen LogP contribution in [0.1, 0.15) is 19.2 Å². The molecule has 0 fully saturated rings. The lowest BCUT2D eigenvalue weighted by Gasteiger charge is -2.19. The molecule has 0 aliphatic rings. The van der Waals surface area contributed by atoms with Crippen molar-refractivity contribution < 1.29 is 0 Å². The van der Waals surface area contributed by atoms with E-state index in [1.807, 2.05) is 38.2 Å². The molecule has 19 heavy (non-hydrogen) atoms. The molecule has 2 aromatic rings. The number of aromatic nitrogens is 2. The van der Waals surface area contributed by atoms with Gasteiger partial charge in [-0.2, -0.15) is 0 Å². The minimum atomic E-state index is 0.777. The molecule has 1 aromatic heterocycles. The van der Waals surface area contributed by atoms with Crippen molar-refractivity contribution in [2.45, 2.75) is 20.3 Å². The van der Waals surface area contributed by atoms with Gasteiger partial charge in [0.05, 0.1) is 0 Å². The molecule has 0 saturated heterocycles. The van der Waals surface area contributed by atoms with Crippen molar-refractivity contribution in [3.05, 3.63) is 42.2 Å². The first kappa shape index (κ1) is 13.3. The summed E-state index contributed by atoms with van der Waals surface area (Å²) >= 11 is 0. The van der Waals surface area contributed by atoms with Crippen LogP contribution in [0.4, 0.5) is 17.3 Å². The van der Waals surface area contributed by atoms with Gasteiger partial charge in [0.1, 0.15) is 17.5 Å². The molecule has 0 radical (unpaired) electrons. The highest BCUT2D eigenvalue weighted by Crippen LogP contribution is 2.23. The molecule has 100 valence electrons. The smallest absolute Gasteiger partial charge is 0.138 e. The highest BCUT2D eigenvalue weighted by Gasteiger charge is 2.07. The maximum absolute atomic E-state index is 4.49. The van der Waals surface area contributed by atoms with E-state index >= 15 is 0 Å². The van der Waals surface area contributed by atoms with Crippen molar-refractivity contribution in [2.24, 2.45) is 0 Å². The van der Waals surface area contributed by atoms with Gasteiger partial charge in [-0.25, -0.2) is 9.97 Å². The Morgan fingerprint density at radius 3 is 2.58 bits per heavy atom. The van der Waals surface area contributed by atoms with Crippen LogP contribution >= 0.6 is 0 Å². The van der Waals surface area contributed by atoms with E-state index in [4.69, 9.17) is 0 Å². The van der Waals surface area contributed by atoms with Crippen molar-refractivity contribution in [3.63, 3.8) is 0 Å². The van der Waals surface area contributed by atoms with Crippen LogP contribution in [0, 0.1) is 6.92 Å². The molecule has 0 unspecified atom stereocenters. The summed E-state index contributed by atoms with van der Waals surface area (Å²) in [5.41, 5.74) is 1.11. The van der Waals surface area contributed by atoms with Crippen molar-refractivity contribution in [2.75, 3.05) is 23.8 Å². The first-order valence-corrected chi connectivity index (χ1v) is 6.59. The molecule has 4 heteroatoms. The molecule has 0 aliphatic heterocycles. The van der Waals surface area contributed by atoms with E-state index in [-0.39, 0.29) is 0 Å². The summed E-state index contributed by atoms with van der Waals surface area (Å²) in [5.74, 6) is 2.56. The first-order valence-electron chi connectivity index (χ1n) is 6.59. The molecule has 1 heterocycles. The zero-order valence-electron chi connectivity index (χ0n) is 11.7. The summed E-state index contributed by atoms with van der Waals surface area (Å²) in [6, 6.07) is 12.2. The number of para-hydroxylation sites is 1. The third-order valence-corrected chi connectivity index (χ3v) is 2.87. The molecule has 4 nitrogen and oxygen atoms in total. The Labute approximate surface area is 114 Å². The fraction of sp³-hybridized carbons (Fsp3) is 0.333. The van der Waals surface area contributed by atoms with Gasteiger partial charge in [-0.1, -0.05) is 25.1 Å². The molecule has 0 atom stereocenters. The zero-order chi connectivity index (χ0) is 13.7. The SMILES string of the molecule is CCCNc1cc(N(C)c2ccccc2)nc(C)n1. The van der Waals surface area contributed by atoms with Crippen molar-refractivity contribution in [1.29, 1.82) is 0 Å². The predicted octanol–water partition coefficient (Wildman–Crippen LogP) is 3.37. The van der Waals surface area contributed by atoms with Crippen LogP contribution in [-0.2, 0) is 0 Å². The van der Waals surface area contributed by atoms with Gasteiger partial charge in [0.2, 0.25) is 0 Å². The minimum Gasteiger partial charge on any atom is -0.370 e. The van der Waals surface area contributed by atoms with Gasteiger partial charge in [0, 0.05) is 25.3 Å². The van der Waals surface area contributed by atoms with E-state index in [1.54, 1.807) is 0 Å². The van der Waals surface area contributed by atoms with Gasteiger partial charge in [0.25, 0.3) is 0 Å². The quantitative estimate of drug-likeness (QED) is 0.890. The number of anilines is 3. The van der Waals surface area contributed by atoms with Crippen LogP contribution in [0.2, 0.25) is 0 Å². The number of benzene rings is 1. The van der Waals surface area contributed by atoms with E-state index in [2.05, 4.69) is 39.2 Å². The van der Waals surface area contributed by atoms with Crippen LogP contribution in [0.25, 0.3) is 0 Å². The standard InChI is InChI=1S/C15H20N4/c1-4-10-16-14-11-15(18-12(2)17-14)19(3)13-8-6-5-7-9-13/h5-9,11H,4,10H2,1-3H3,(H,16,17,18). The second-order valence-electron chi connectivity index (χ2n) is 4.48. The van der Waals surface area contributed by atoms with Gasteiger partial charge in [0.15, 0.2) is 0 Å². The van der Waals surface area contributed by atoms with E-state index in [1.165, 1.54) is 0 Å². The van der Waals surface area contributed by atoms with Gasteiger partial charge in [-0.15, -0.1) is 0 Å². The minimum absolute atomic E-state index is 0.777. The van der Waals surface area contributed by atoms with E-state index in [9.17, 15) is 0 Å². The maximum atomic E-state index is 4.49. The fourth-order valence-corrected chi connectivity index (χ4v) is 1.85. The van der Waals surface area contributed by atoms with Crippen LogP contribution in [0.5, 0.6) is 0 Å². The summed E-state index contributed by atoms with van der Waals surface area (Å²) in [6.07, 6.45) is 1.08. The number of nitrogens with one attached hydrogen (secondary N) is 1. The van der Waals surface area contributed by atoms with E-state index in [0.29, 0.717) is 0 Å². The average molecular weight is 256 g/mol. The van der Waals surface area contributed by atoms with Crippen LogP contribution in [0.3, 0.4) is 0 Å². The normalized spacial score (nSPS) is 10.3. The van der Waals surface area contributed by atoms with Crippen molar-refractivity contribution >= 4 is 17.3 Å². The average Bonchev–Trinajstić information content (AvgIpc) is 2.44. The molecule has 0 spiro atoms. The second-order valence-corrected chi connectivity index (χ2v) is 4.48. The Bertz CT molecular complexity index is 525. The Balaban J connectivity index is 2.26. The highest BCUT2D eigenvalue weighted by molar-refractivity contribution is 5.61. The molecule has 1 aromatic carbocycles. The highest BCUT2D eigenvalue weighted by atomic mass is 15.2. The largest absolute Gasteiger partial charge is 0.370 e.